The molecule has 1 aromatic rings. The minimum atomic E-state index is -5.11. The fraction of sp³-hybridized carbons (Fsp3) is 0.300. The van der Waals surface area contributed by atoms with E-state index in [0.717, 1.165) is 18.2 Å². The van der Waals surface area contributed by atoms with E-state index in [4.69, 9.17) is 10.8 Å². The van der Waals surface area contributed by atoms with Crippen molar-refractivity contribution in [3.63, 3.8) is 0 Å². The molecular formula is C10H8BrF4NO2. The molecule has 0 radical (unpaired) electrons. The molecule has 3 N–H and O–H groups in total. The second-order valence-electron chi connectivity index (χ2n) is 3.70. The number of hydrogen-bond acceptors (Lipinski definition) is 2. The number of carbonyl (C=O) groups is 1. The zero-order chi connectivity index (χ0) is 14.1. The van der Waals surface area contributed by atoms with Gasteiger partial charge in [0.1, 0.15) is 5.82 Å². The highest BCUT2D eigenvalue weighted by Crippen LogP contribution is 2.32. The molecule has 0 bridgehead atoms. The van der Waals surface area contributed by atoms with Gasteiger partial charge in [-0.15, -0.1) is 0 Å². The Morgan fingerprint density at radius 1 is 1.39 bits per heavy atom. The van der Waals surface area contributed by atoms with Gasteiger partial charge in [-0.05, 0) is 33.6 Å². The smallest absolute Gasteiger partial charge is 0.417 e. The molecule has 1 rings (SSSR count). The van der Waals surface area contributed by atoms with E-state index in [-0.39, 0.29) is 10.0 Å². The lowest BCUT2D eigenvalue weighted by atomic mass is 9.91. The van der Waals surface area contributed by atoms with Gasteiger partial charge < -0.3 is 10.8 Å². The monoisotopic (exact) mass is 329 g/mol. The third-order valence-electron chi connectivity index (χ3n) is 2.35. The van der Waals surface area contributed by atoms with Gasteiger partial charge in [-0.25, -0.2) is 9.18 Å². The van der Waals surface area contributed by atoms with Gasteiger partial charge in [0.15, 0.2) is 0 Å². The summed E-state index contributed by atoms with van der Waals surface area (Å²) in [5.41, 5.74) is 1.47. The molecule has 1 aromatic carbocycles. The fourth-order valence-corrected chi connectivity index (χ4v) is 1.69. The lowest BCUT2D eigenvalue weighted by Crippen LogP contribution is -2.61. The van der Waals surface area contributed by atoms with Crippen LogP contribution in [0, 0.1) is 5.82 Å². The Kier molecular flexibility index (Phi) is 4.02. The number of benzene rings is 1. The van der Waals surface area contributed by atoms with Crippen LogP contribution in [0.2, 0.25) is 0 Å². The molecule has 0 aliphatic carbocycles. The molecule has 0 saturated heterocycles. The minimum Gasteiger partial charge on any atom is -0.480 e. The van der Waals surface area contributed by atoms with Crippen molar-refractivity contribution in [1.29, 1.82) is 0 Å². The van der Waals surface area contributed by atoms with Crippen molar-refractivity contribution in [2.24, 2.45) is 5.73 Å². The molecular weight excluding hydrogens is 322 g/mol. The number of alkyl halides is 3. The Bertz CT molecular complexity index is 477. The van der Waals surface area contributed by atoms with Crippen LogP contribution in [0.25, 0.3) is 0 Å². The van der Waals surface area contributed by atoms with Crippen LogP contribution < -0.4 is 5.73 Å². The third-order valence-corrected chi connectivity index (χ3v) is 2.96. The molecule has 0 fully saturated rings. The highest BCUT2D eigenvalue weighted by molar-refractivity contribution is 9.10. The first-order valence-corrected chi connectivity index (χ1v) is 5.40. The second kappa shape index (κ2) is 4.85. The van der Waals surface area contributed by atoms with Gasteiger partial charge in [-0.3, -0.25) is 0 Å². The third kappa shape index (κ3) is 2.81. The van der Waals surface area contributed by atoms with Crippen molar-refractivity contribution in [1.82, 2.24) is 0 Å². The Balaban J connectivity index is 3.12. The molecule has 1 atom stereocenters. The van der Waals surface area contributed by atoms with Gasteiger partial charge in [0.05, 0.1) is 4.47 Å². The molecule has 3 nitrogen and oxygen atoms in total. The minimum absolute atomic E-state index is 0.0366. The Hall–Kier alpha value is -1.15. The van der Waals surface area contributed by atoms with Crippen LogP contribution >= 0.6 is 15.9 Å². The zero-order valence-corrected chi connectivity index (χ0v) is 10.3. The second-order valence-corrected chi connectivity index (χ2v) is 4.55. The van der Waals surface area contributed by atoms with Crippen LogP contribution in [0.3, 0.4) is 0 Å². The van der Waals surface area contributed by atoms with Crippen LogP contribution in [-0.2, 0) is 11.2 Å². The summed E-state index contributed by atoms with van der Waals surface area (Å²) in [6, 6.07) is 3.04. The first-order valence-electron chi connectivity index (χ1n) is 4.61. The predicted molar refractivity (Wildman–Crippen MR) is 58.4 cm³/mol. The van der Waals surface area contributed by atoms with Crippen LogP contribution in [0.15, 0.2) is 22.7 Å². The molecule has 0 amide bonds. The number of carboxylic acids is 1. The lowest BCUT2D eigenvalue weighted by molar-refractivity contribution is -0.201. The van der Waals surface area contributed by atoms with Crippen LogP contribution in [0.4, 0.5) is 17.6 Å². The average molecular weight is 330 g/mol. The zero-order valence-electron chi connectivity index (χ0n) is 8.76. The summed E-state index contributed by atoms with van der Waals surface area (Å²) in [4.78, 5) is 10.7. The molecule has 0 spiro atoms. The quantitative estimate of drug-likeness (QED) is 0.837. The van der Waals surface area contributed by atoms with E-state index in [1.165, 1.54) is 0 Å². The predicted octanol–water partition coefficient (Wildman–Crippen LogP) is 2.48. The maximum atomic E-state index is 12.9. The normalized spacial score (nSPS) is 15.2. The van der Waals surface area contributed by atoms with Crippen molar-refractivity contribution in [3.05, 3.63) is 34.1 Å². The molecule has 0 aliphatic rings. The fourth-order valence-electron chi connectivity index (χ4n) is 1.27. The first kappa shape index (κ1) is 14.9. The molecule has 1 unspecified atom stereocenters. The maximum absolute atomic E-state index is 12.9. The van der Waals surface area contributed by atoms with Gasteiger partial charge in [-0.1, -0.05) is 6.07 Å². The van der Waals surface area contributed by atoms with E-state index < -0.39 is 29.9 Å². The first-order chi connectivity index (χ1) is 8.08. The number of halogens is 5. The number of rotatable bonds is 3. The van der Waals surface area contributed by atoms with Crippen LogP contribution in [-0.4, -0.2) is 22.8 Å². The summed E-state index contributed by atoms with van der Waals surface area (Å²) in [7, 11) is 0. The Morgan fingerprint density at radius 2 is 1.94 bits per heavy atom. The highest BCUT2D eigenvalue weighted by Gasteiger charge is 2.58. The van der Waals surface area contributed by atoms with Gasteiger partial charge in [0, 0.05) is 6.42 Å². The summed E-state index contributed by atoms with van der Waals surface area (Å²) in [6.45, 7) is 0. The van der Waals surface area contributed by atoms with E-state index in [1.54, 1.807) is 0 Å². The Morgan fingerprint density at radius 3 is 2.33 bits per heavy atom. The summed E-state index contributed by atoms with van der Waals surface area (Å²) >= 11 is 2.80. The van der Waals surface area contributed by atoms with Gasteiger partial charge in [0.2, 0.25) is 5.54 Å². The molecule has 18 heavy (non-hydrogen) atoms. The number of hydrogen-bond donors (Lipinski definition) is 2. The summed E-state index contributed by atoms with van der Waals surface area (Å²) in [5.74, 6) is -2.85. The summed E-state index contributed by atoms with van der Waals surface area (Å²) in [5, 5.41) is 8.62. The number of aliphatic carboxylic acids is 1. The van der Waals surface area contributed by atoms with Crippen molar-refractivity contribution < 1.29 is 27.5 Å². The molecule has 0 saturated carbocycles. The molecule has 0 aliphatic heterocycles. The van der Waals surface area contributed by atoms with E-state index in [9.17, 15) is 22.4 Å². The number of nitrogens with two attached hydrogens (primary N) is 1. The van der Waals surface area contributed by atoms with Crippen LogP contribution in [0.1, 0.15) is 5.56 Å². The molecule has 0 aromatic heterocycles. The Labute approximate surface area is 108 Å². The van der Waals surface area contributed by atoms with E-state index >= 15 is 0 Å². The summed E-state index contributed by atoms with van der Waals surface area (Å²) < 4.78 is 50.7. The SMILES string of the molecule is NC(Cc1ccc(F)c(Br)c1)(C(=O)O)C(F)(F)F. The van der Waals surface area contributed by atoms with E-state index in [2.05, 4.69) is 15.9 Å². The van der Waals surface area contributed by atoms with Gasteiger partial charge in [0.25, 0.3) is 0 Å². The van der Waals surface area contributed by atoms with Crippen molar-refractivity contribution in [2.45, 2.75) is 18.1 Å². The highest BCUT2D eigenvalue weighted by atomic mass is 79.9. The van der Waals surface area contributed by atoms with Crippen molar-refractivity contribution >= 4 is 21.9 Å². The molecule has 0 heterocycles. The standard InChI is InChI=1S/C10H8BrF4NO2/c11-6-3-5(1-2-7(6)12)4-9(16,8(17)18)10(13,14)15/h1-3H,4,16H2,(H,17,18). The van der Waals surface area contributed by atoms with E-state index in [0.29, 0.717) is 0 Å². The van der Waals surface area contributed by atoms with Gasteiger partial charge in [-0.2, -0.15) is 13.2 Å². The molecule has 100 valence electrons. The topological polar surface area (TPSA) is 63.3 Å². The number of carboxylic acid groups (broad SMARTS) is 1. The summed E-state index contributed by atoms with van der Waals surface area (Å²) in [6.07, 6.45) is -6.09. The molecule has 8 heteroatoms. The largest absolute Gasteiger partial charge is 0.480 e. The van der Waals surface area contributed by atoms with Crippen LogP contribution in [0.5, 0.6) is 0 Å². The maximum Gasteiger partial charge on any atom is 0.417 e. The van der Waals surface area contributed by atoms with Gasteiger partial charge >= 0.3 is 12.1 Å². The lowest BCUT2D eigenvalue weighted by Gasteiger charge is -2.27. The van der Waals surface area contributed by atoms with Crippen molar-refractivity contribution in [2.75, 3.05) is 0 Å². The average Bonchev–Trinajstić information content (AvgIpc) is 2.21. The van der Waals surface area contributed by atoms with Crippen molar-refractivity contribution in [3.8, 4) is 0 Å². The van der Waals surface area contributed by atoms with E-state index in [1.807, 2.05) is 0 Å².